The highest BCUT2D eigenvalue weighted by Gasteiger charge is 2.34. The summed E-state index contributed by atoms with van der Waals surface area (Å²) in [5.41, 5.74) is 2.44. The van der Waals surface area contributed by atoms with Crippen LogP contribution in [0.5, 0.6) is 0 Å². The second-order valence-corrected chi connectivity index (χ2v) is 7.84. The fraction of sp³-hybridized carbons (Fsp3) is 0.235. The van der Waals surface area contributed by atoms with Gasteiger partial charge < -0.3 is 5.32 Å². The molecule has 1 heterocycles. The number of hydrogen-bond acceptors (Lipinski definition) is 4. The molecule has 0 aliphatic carbocycles. The fourth-order valence-electron chi connectivity index (χ4n) is 2.98. The van der Waals surface area contributed by atoms with Gasteiger partial charge in [0.1, 0.15) is 11.1 Å². The van der Waals surface area contributed by atoms with Crippen molar-refractivity contribution in [1.82, 2.24) is 0 Å². The summed E-state index contributed by atoms with van der Waals surface area (Å²) in [5.74, 6) is -0.295. The molecule has 1 aliphatic rings. The van der Waals surface area contributed by atoms with E-state index in [-0.39, 0.29) is 27.6 Å². The van der Waals surface area contributed by atoms with Gasteiger partial charge in [0.15, 0.2) is 0 Å². The quantitative estimate of drug-likeness (QED) is 0.856. The first-order valence-electron chi connectivity index (χ1n) is 7.76. The van der Waals surface area contributed by atoms with E-state index in [2.05, 4.69) is 5.32 Å². The molecule has 0 bridgehead atoms. The molecule has 0 spiro atoms. The van der Waals surface area contributed by atoms with Gasteiger partial charge in [0.25, 0.3) is 5.91 Å². The third kappa shape index (κ3) is 3.10. The van der Waals surface area contributed by atoms with Crippen LogP contribution >= 0.6 is 11.6 Å². The number of sulfonamides is 1. The van der Waals surface area contributed by atoms with Gasteiger partial charge in [-0.25, -0.2) is 13.6 Å². The first-order valence-corrected chi connectivity index (χ1v) is 9.68. The minimum absolute atomic E-state index is 0.0132. The molecule has 1 amide bonds. The van der Waals surface area contributed by atoms with Crippen molar-refractivity contribution in [3.63, 3.8) is 0 Å². The highest BCUT2D eigenvalue weighted by atomic mass is 35.5. The molecule has 1 aliphatic heterocycles. The lowest BCUT2D eigenvalue weighted by Crippen LogP contribution is -2.49. The summed E-state index contributed by atoms with van der Waals surface area (Å²) in [6.45, 7) is 3.88. The van der Waals surface area contributed by atoms with Crippen LogP contribution in [-0.4, -0.2) is 20.5 Å². The Hall–Kier alpha value is -2.09. The number of fused-ring (bicyclic) bond motifs is 1. The van der Waals surface area contributed by atoms with Crippen LogP contribution in [-0.2, 0) is 10.0 Å². The van der Waals surface area contributed by atoms with E-state index >= 15 is 0 Å². The van der Waals surface area contributed by atoms with Crippen molar-refractivity contribution in [2.45, 2.75) is 31.3 Å². The summed E-state index contributed by atoms with van der Waals surface area (Å²) in [4.78, 5) is 14.5. The first kappa shape index (κ1) is 17.7. The van der Waals surface area contributed by atoms with Crippen LogP contribution in [0, 0.1) is 6.92 Å². The number of benzene rings is 2. The highest BCUT2D eigenvalue weighted by molar-refractivity contribution is 7.89. The number of hydrogen-bond donors (Lipinski definition) is 2. The van der Waals surface area contributed by atoms with E-state index in [0.29, 0.717) is 12.1 Å². The maximum atomic E-state index is 13.1. The molecule has 0 saturated carbocycles. The summed E-state index contributed by atoms with van der Waals surface area (Å²) in [6.07, 6.45) is 0.395. The lowest BCUT2D eigenvalue weighted by atomic mass is 10.0. The van der Waals surface area contributed by atoms with Crippen molar-refractivity contribution in [3.8, 4) is 0 Å². The van der Waals surface area contributed by atoms with Crippen molar-refractivity contribution < 1.29 is 13.2 Å². The Kier molecular flexibility index (Phi) is 4.49. The third-order valence-electron chi connectivity index (χ3n) is 4.22. The molecule has 0 fully saturated rings. The Morgan fingerprint density at radius 3 is 2.56 bits per heavy atom. The van der Waals surface area contributed by atoms with Gasteiger partial charge in [-0.3, -0.25) is 9.69 Å². The molecule has 0 aromatic heterocycles. The Morgan fingerprint density at radius 2 is 1.96 bits per heavy atom. The zero-order chi connectivity index (χ0) is 18.4. The van der Waals surface area contributed by atoms with E-state index in [1.165, 1.54) is 12.1 Å². The number of amides is 1. The molecule has 25 heavy (non-hydrogen) atoms. The van der Waals surface area contributed by atoms with Gasteiger partial charge in [-0.1, -0.05) is 36.7 Å². The molecule has 0 saturated heterocycles. The van der Waals surface area contributed by atoms with Gasteiger partial charge in [0.2, 0.25) is 10.0 Å². The minimum atomic E-state index is -4.03. The monoisotopic (exact) mass is 379 g/mol. The number of nitrogens with one attached hydrogen (secondary N) is 1. The number of aryl methyl sites for hydroxylation is 1. The molecule has 2 aromatic carbocycles. The Labute approximate surface area is 151 Å². The summed E-state index contributed by atoms with van der Waals surface area (Å²) in [5, 5.41) is 8.45. The maximum Gasteiger partial charge on any atom is 0.262 e. The summed E-state index contributed by atoms with van der Waals surface area (Å²) in [6, 6.07) is 10.2. The van der Waals surface area contributed by atoms with Crippen molar-refractivity contribution in [3.05, 3.63) is 52.5 Å². The predicted molar refractivity (Wildman–Crippen MR) is 98.5 cm³/mol. The van der Waals surface area contributed by atoms with E-state index < -0.39 is 10.0 Å². The SMILES string of the molecule is CCC1Nc2cc(Cl)c(S(N)(=O)=O)cc2C(=O)N1c1ccccc1C. The first-order chi connectivity index (χ1) is 11.7. The number of carbonyl (C=O) groups excluding carboxylic acids is 1. The molecule has 2 aromatic rings. The van der Waals surface area contributed by atoms with Crippen LogP contribution in [0.3, 0.4) is 0 Å². The maximum absolute atomic E-state index is 13.1. The number of halogens is 1. The van der Waals surface area contributed by atoms with Gasteiger partial charge >= 0.3 is 0 Å². The summed E-state index contributed by atoms with van der Waals surface area (Å²) in [7, 11) is -4.03. The average molecular weight is 380 g/mol. The summed E-state index contributed by atoms with van der Waals surface area (Å²) < 4.78 is 23.4. The number of carbonyl (C=O) groups is 1. The van der Waals surface area contributed by atoms with Gasteiger partial charge in [-0.05, 0) is 37.1 Å². The van der Waals surface area contributed by atoms with Crippen LogP contribution in [0.1, 0.15) is 29.3 Å². The van der Waals surface area contributed by atoms with E-state index in [9.17, 15) is 13.2 Å². The second kappa shape index (κ2) is 6.33. The third-order valence-corrected chi connectivity index (χ3v) is 5.60. The average Bonchev–Trinajstić information content (AvgIpc) is 2.54. The van der Waals surface area contributed by atoms with Gasteiger partial charge in [0, 0.05) is 5.69 Å². The number of para-hydroxylation sites is 1. The minimum Gasteiger partial charge on any atom is -0.364 e. The molecule has 132 valence electrons. The van der Waals surface area contributed by atoms with Gasteiger partial charge in [-0.2, -0.15) is 0 Å². The van der Waals surface area contributed by atoms with E-state index in [4.69, 9.17) is 16.7 Å². The number of nitrogens with two attached hydrogens (primary N) is 1. The zero-order valence-electron chi connectivity index (χ0n) is 13.8. The molecular formula is C17H18ClN3O3S. The van der Waals surface area contributed by atoms with Crippen molar-refractivity contribution >= 4 is 38.9 Å². The van der Waals surface area contributed by atoms with Crippen molar-refractivity contribution in [2.24, 2.45) is 5.14 Å². The Bertz CT molecular complexity index is 960. The number of anilines is 2. The second-order valence-electron chi connectivity index (χ2n) is 5.90. The number of rotatable bonds is 3. The van der Waals surface area contributed by atoms with E-state index in [0.717, 1.165) is 11.3 Å². The lowest BCUT2D eigenvalue weighted by molar-refractivity contribution is 0.0974. The molecule has 1 atom stereocenters. The topological polar surface area (TPSA) is 92.5 Å². The largest absolute Gasteiger partial charge is 0.364 e. The molecule has 3 N–H and O–H groups in total. The molecule has 0 radical (unpaired) electrons. The van der Waals surface area contributed by atoms with Gasteiger partial charge in [-0.15, -0.1) is 0 Å². The highest BCUT2D eigenvalue weighted by Crippen LogP contribution is 2.36. The van der Waals surface area contributed by atoms with Crippen molar-refractivity contribution in [1.29, 1.82) is 0 Å². The standard InChI is InChI=1S/C17H18ClN3O3S/c1-3-16-20-13-9-12(18)15(25(19,23)24)8-11(13)17(22)21(16)14-7-5-4-6-10(14)2/h4-9,16,20H,3H2,1-2H3,(H2,19,23,24). The van der Waals surface area contributed by atoms with Crippen LogP contribution in [0.15, 0.2) is 41.3 Å². The smallest absolute Gasteiger partial charge is 0.262 e. The summed E-state index contributed by atoms with van der Waals surface area (Å²) >= 11 is 6.04. The van der Waals surface area contributed by atoms with Crippen LogP contribution in [0.2, 0.25) is 5.02 Å². The normalized spacial score (nSPS) is 17.2. The molecule has 6 nitrogen and oxygen atoms in total. The van der Waals surface area contributed by atoms with Crippen LogP contribution in [0.25, 0.3) is 0 Å². The van der Waals surface area contributed by atoms with E-state index in [1.54, 1.807) is 4.90 Å². The molecule has 3 rings (SSSR count). The van der Waals surface area contributed by atoms with Crippen LogP contribution < -0.4 is 15.4 Å². The fourth-order valence-corrected chi connectivity index (χ4v) is 4.08. The van der Waals surface area contributed by atoms with Crippen LogP contribution in [0.4, 0.5) is 11.4 Å². The predicted octanol–water partition coefficient (Wildman–Crippen LogP) is 3.10. The number of nitrogens with zero attached hydrogens (tertiary/aromatic N) is 1. The molecular weight excluding hydrogens is 362 g/mol. The Morgan fingerprint density at radius 1 is 1.28 bits per heavy atom. The zero-order valence-corrected chi connectivity index (χ0v) is 15.4. The van der Waals surface area contributed by atoms with Crippen molar-refractivity contribution in [2.75, 3.05) is 10.2 Å². The van der Waals surface area contributed by atoms with Gasteiger partial charge in [0.05, 0.1) is 16.3 Å². The van der Waals surface area contributed by atoms with E-state index in [1.807, 2.05) is 38.1 Å². The lowest BCUT2D eigenvalue weighted by Gasteiger charge is -2.38. The number of primary sulfonamides is 1. The molecule has 1 unspecified atom stereocenters. The Balaban J connectivity index is 2.19. The molecule has 8 heteroatoms.